The van der Waals surface area contributed by atoms with Crippen molar-refractivity contribution >= 4 is 23.8 Å². The summed E-state index contributed by atoms with van der Waals surface area (Å²) in [5, 5.41) is 0. The second kappa shape index (κ2) is 11.8. The highest BCUT2D eigenvalue weighted by atomic mass is 32.2. The first-order chi connectivity index (χ1) is 12.5. The topological polar surface area (TPSA) is 34.1 Å². The maximum atomic E-state index is 12.6. The van der Waals surface area contributed by atoms with Gasteiger partial charge >= 0.3 is 0 Å². The van der Waals surface area contributed by atoms with E-state index < -0.39 is 0 Å². The van der Waals surface area contributed by atoms with Gasteiger partial charge in [-0.2, -0.15) is 11.8 Å². The second-order valence-corrected chi connectivity index (χ2v) is 9.64. The molecule has 0 radical (unpaired) electrons. The van der Waals surface area contributed by atoms with Crippen LogP contribution in [0.1, 0.15) is 84.5 Å². The Balaban J connectivity index is 2.66. The zero-order valence-corrected chi connectivity index (χ0v) is 17.8. The molecule has 0 aromatic rings. The van der Waals surface area contributed by atoms with Gasteiger partial charge < -0.3 is 0 Å². The fraction of sp³-hybridized carbons (Fsp3) is 0.739. The minimum absolute atomic E-state index is 0.147. The average Bonchev–Trinajstić information content (AvgIpc) is 2.90. The van der Waals surface area contributed by atoms with E-state index in [1.54, 1.807) is 0 Å². The number of Topliss-reactive ketones (excluding diaryl/α,β-unsaturated/α-hetero) is 1. The molecule has 1 fully saturated rings. The molecule has 0 aliphatic carbocycles. The van der Waals surface area contributed by atoms with Crippen LogP contribution in [0.15, 0.2) is 25.3 Å². The fourth-order valence-electron chi connectivity index (χ4n) is 4.63. The lowest BCUT2D eigenvalue weighted by atomic mass is 9.64. The van der Waals surface area contributed by atoms with Gasteiger partial charge in [-0.25, -0.2) is 0 Å². The number of allylic oxidation sites excluding steroid dienone is 2. The van der Waals surface area contributed by atoms with Crippen LogP contribution in [0.25, 0.3) is 0 Å². The standard InChI is InChI=1S/C23H38O2S/c1-5-8-9-10-11-12-13-14-17-22(4)21(20(25)18-24)23(15-6-2,16-7-3)19-26-22/h6-7,18,21H,2-3,5,8-17,19H2,1,4H3. The molecule has 2 nitrogen and oxygen atoms in total. The molecule has 26 heavy (non-hydrogen) atoms. The third-order valence-corrected chi connectivity index (χ3v) is 7.76. The van der Waals surface area contributed by atoms with Crippen LogP contribution in [-0.2, 0) is 9.59 Å². The maximum Gasteiger partial charge on any atom is 0.200 e. The van der Waals surface area contributed by atoms with Crippen LogP contribution in [0.2, 0.25) is 0 Å². The van der Waals surface area contributed by atoms with Crippen LogP contribution in [0.4, 0.5) is 0 Å². The van der Waals surface area contributed by atoms with Gasteiger partial charge in [0.15, 0.2) is 12.1 Å². The summed E-state index contributed by atoms with van der Waals surface area (Å²) < 4.78 is -0.147. The summed E-state index contributed by atoms with van der Waals surface area (Å²) in [7, 11) is 0. The van der Waals surface area contributed by atoms with Crippen LogP contribution in [-0.4, -0.2) is 22.6 Å². The molecule has 1 aliphatic rings. The van der Waals surface area contributed by atoms with Crippen molar-refractivity contribution in [2.45, 2.75) is 89.2 Å². The molecule has 148 valence electrons. The van der Waals surface area contributed by atoms with Crippen molar-refractivity contribution in [3.8, 4) is 0 Å². The Kier molecular flexibility index (Phi) is 10.5. The minimum Gasteiger partial charge on any atom is -0.295 e. The van der Waals surface area contributed by atoms with E-state index in [2.05, 4.69) is 27.0 Å². The van der Waals surface area contributed by atoms with Crippen LogP contribution in [0.3, 0.4) is 0 Å². The number of hydrogen-bond acceptors (Lipinski definition) is 3. The number of ketones is 1. The Hall–Kier alpha value is -0.830. The van der Waals surface area contributed by atoms with Crippen molar-refractivity contribution in [2.24, 2.45) is 11.3 Å². The molecule has 0 aromatic carbocycles. The van der Waals surface area contributed by atoms with E-state index in [0.29, 0.717) is 6.29 Å². The summed E-state index contributed by atoms with van der Waals surface area (Å²) in [4.78, 5) is 23.9. The maximum absolute atomic E-state index is 12.6. The molecule has 0 spiro atoms. The number of rotatable bonds is 15. The molecule has 0 saturated carbocycles. The van der Waals surface area contributed by atoms with Crippen molar-refractivity contribution < 1.29 is 9.59 Å². The highest BCUT2D eigenvalue weighted by Gasteiger charge is 2.56. The van der Waals surface area contributed by atoms with E-state index in [1.807, 2.05) is 23.9 Å². The van der Waals surface area contributed by atoms with Crippen molar-refractivity contribution in [1.82, 2.24) is 0 Å². The normalized spacial score (nSPS) is 24.3. The number of thioether (sulfide) groups is 1. The minimum atomic E-state index is -0.235. The van der Waals surface area contributed by atoms with Gasteiger partial charge in [-0.1, -0.05) is 70.4 Å². The zero-order chi connectivity index (χ0) is 19.5. The molecule has 1 aliphatic heterocycles. The predicted molar refractivity (Wildman–Crippen MR) is 115 cm³/mol. The van der Waals surface area contributed by atoms with E-state index in [-0.39, 0.29) is 21.9 Å². The second-order valence-electron chi connectivity index (χ2n) is 8.13. The van der Waals surface area contributed by atoms with Crippen molar-refractivity contribution in [2.75, 3.05) is 5.75 Å². The smallest absolute Gasteiger partial charge is 0.200 e. The van der Waals surface area contributed by atoms with Gasteiger partial charge in [-0.3, -0.25) is 9.59 Å². The Morgan fingerprint density at radius 2 is 1.58 bits per heavy atom. The van der Waals surface area contributed by atoms with Crippen LogP contribution >= 0.6 is 11.8 Å². The van der Waals surface area contributed by atoms with E-state index >= 15 is 0 Å². The summed E-state index contributed by atoms with van der Waals surface area (Å²) in [6.07, 6.45) is 17.2. The number of carbonyl (C=O) groups excluding carboxylic acids is 2. The third-order valence-electron chi connectivity index (χ3n) is 5.94. The first-order valence-corrected chi connectivity index (χ1v) is 11.3. The largest absolute Gasteiger partial charge is 0.295 e. The molecule has 0 N–H and O–H groups in total. The molecule has 1 heterocycles. The Morgan fingerprint density at radius 3 is 2.08 bits per heavy atom. The third kappa shape index (κ3) is 6.11. The van der Waals surface area contributed by atoms with Crippen LogP contribution in [0.5, 0.6) is 0 Å². The Morgan fingerprint density at radius 1 is 1.04 bits per heavy atom. The number of unbranched alkanes of at least 4 members (excludes halogenated alkanes) is 7. The van der Waals surface area contributed by atoms with E-state index in [9.17, 15) is 9.59 Å². The van der Waals surface area contributed by atoms with E-state index in [4.69, 9.17) is 0 Å². The summed E-state index contributed by atoms with van der Waals surface area (Å²) >= 11 is 1.88. The number of carbonyl (C=O) groups is 2. The fourth-order valence-corrected chi connectivity index (χ4v) is 6.47. The first-order valence-electron chi connectivity index (χ1n) is 10.3. The molecule has 1 rings (SSSR count). The highest BCUT2D eigenvalue weighted by molar-refractivity contribution is 8.01. The van der Waals surface area contributed by atoms with Gasteiger partial charge in [0.05, 0.1) is 0 Å². The lowest BCUT2D eigenvalue weighted by molar-refractivity contribution is -0.136. The average molecular weight is 379 g/mol. The van der Waals surface area contributed by atoms with Gasteiger partial charge in [0.1, 0.15) is 0 Å². The monoisotopic (exact) mass is 378 g/mol. The summed E-state index contributed by atoms with van der Waals surface area (Å²) in [6.45, 7) is 12.2. The lowest BCUT2D eigenvalue weighted by Gasteiger charge is -2.38. The van der Waals surface area contributed by atoms with Gasteiger partial charge in [0.2, 0.25) is 0 Å². The van der Waals surface area contributed by atoms with Gasteiger partial charge in [-0.15, -0.1) is 13.2 Å². The molecule has 2 atom stereocenters. The first kappa shape index (κ1) is 23.2. The van der Waals surface area contributed by atoms with E-state index in [1.165, 1.54) is 44.9 Å². The number of hydrogen-bond donors (Lipinski definition) is 0. The van der Waals surface area contributed by atoms with E-state index in [0.717, 1.165) is 31.4 Å². The molecule has 0 amide bonds. The van der Waals surface area contributed by atoms with Gasteiger partial charge in [-0.05, 0) is 31.6 Å². The zero-order valence-electron chi connectivity index (χ0n) is 16.9. The molecule has 0 bridgehead atoms. The summed E-state index contributed by atoms with van der Waals surface area (Å²) in [5.74, 6) is 0.446. The molecule has 2 unspecified atom stereocenters. The van der Waals surface area contributed by atoms with Crippen molar-refractivity contribution in [3.63, 3.8) is 0 Å². The molecular weight excluding hydrogens is 340 g/mol. The summed E-state index contributed by atoms with van der Waals surface area (Å²) in [6, 6.07) is 0. The SMILES string of the molecule is C=CCC1(CC=C)CSC(C)(CCCCCCCCCC)C1C(=O)C=O. The lowest BCUT2D eigenvalue weighted by Crippen LogP contribution is -2.43. The van der Waals surface area contributed by atoms with Crippen LogP contribution < -0.4 is 0 Å². The molecule has 3 heteroatoms. The Labute approximate surface area is 165 Å². The molecule has 0 aromatic heterocycles. The van der Waals surface area contributed by atoms with Gasteiger partial charge in [0, 0.05) is 16.4 Å². The molecular formula is C23H38O2S. The highest BCUT2D eigenvalue weighted by Crippen LogP contribution is 2.59. The Bertz CT molecular complexity index is 461. The predicted octanol–water partition coefficient (Wildman–Crippen LogP) is 6.55. The summed E-state index contributed by atoms with van der Waals surface area (Å²) in [5.41, 5.74) is -0.193. The van der Waals surface area contributed by atoms with Crippen molar-refractivity contribution in [3.05, 3.63) is 25.3 Å². The molecule has 1 saturated heterocycles. The van der Waals surface area contributed by atoms with Crippen molar-refractivity contribution in [1.29, 1.82) is 0 Å². The quantitative estimate of drug-likeness (QED) is 0.140. The van der Waals surface area contributed by atoms with Crippen LogP contribution in [0, 0.1) is 11.3 Å². The van der Waals surface area contributed by atoms with Gasteiger partial charge in [0.25, 0.3) is 0 Å². The number of aldehydes is 1.